The highest BCUT2D eigenvalue weighted by Gasteiger charge is 2.22. The van der Waals surface area contributed by atoms with Crippen LogP contribution < -0.4 is 0 Å². The van der Waals surface area contributed by atoms with Gasteiger partial charge in [-0.25, -0.2) is 0 Å². The van der Waals surface area contributed by atoms with E-state index >= 15 is 0 Å². The van der Waals surface area contributed by atoms with E-state index in [2.05, 4.69) is 22.4 Å². The summed E-state index contributed by atoms with van der Waals surface area (Å²) in [5.74, 6) is 0.310. The lowest BCUT2D eigenvalue weighted by atomic mass is 10.0. The van der Waals surface area contributed by atoms with Gasteiger partial charge in [0.25, 0.3) is 0 Å². The van der Waals surface area contributed by atoms with E-state index in [0.717, 1.165) is 52.2 Å². The second kappa shape index (κ2) is 8.09. The first kappa shape index (κ1) is 16.0. The average Bonchev–Trinajstić information content (AvgIpc) is 3.07. The van der Waals surface area contributed by atoms with Gasteiger partial charge in [-0.15, -0.1) is 11.3 Å². The van der Waals surface area contributed by atoms with Gasteiger partial charge < -0.3 is 9.64 Å². The van der Waals surface area contributed by atoms with Gasteiger partial charge in [-0.05, 0) is 37.1 Å². The van der Waals surface area contributed by atoms with Crippen molar-refractivity contribution in [3.63, 3.8) is 0 Å². The van der Waals surface area contributed by atoms with Gasteiger partial charge in [-0.2, -0.15) is 0 Å². The number of thiophene rings is 1. The van der Waals surface area contributed by atoms with Crippen molar-refractivity contribution in [1.82, 2.24) is 9.80 Å². The average molecular weight is 322 g/mol. The van der Waals surface area contributed by atoms with E-state index in [1.165, 1.54) is 17.7 Å². The third-order valence-corrected chi connectivity index (χ3v) is 5.50. The Morgan fingerprint density at radius 3 is 2.82 bits per heavy atom. The molecule has 1 atom stereocenters. The molecule has 122 valence electrons. The Kier molecular flexibility index (Phi) is 5.87. The summed E-state index contributed by atoms with van der Waals surface area (Å²) in [7, 11) is 0. The number of ether oxygens (including phenoxy) is 1. The predicted octanol–water partition coefficient (Wildman–Crippen LogP) is 2.74. The number of nitrogens with zero attached hydrogens (tertiary/aromatic N) is 2. The Morgan fingerprint density at radius 1 is 1.27 bits per heavy atom. The number of carbonyl (C=O) groups excluding carboxylic acids is 1. The normalized spacial score (nSPS) is 23.6. The van der Waals surface area contributed by atoms with Crippen LogP contribution in [0.1, 0.15) is 37.0 Å². The molecule has 0 saturated carbocycles. The van der Waals surface area contributed by atoms with Crippen LogP contribution in [0.15, 0.2) is 17.5 Å². The summed E-state index contributed by atoms with van der Waals surface area (Å²) >= 11 is 1.81. The molecule has 0 radical (unpaired) electrons. The van der Waals surface area contributed by atoms with Crippen LogP contribution in [0.25, 0.3) is 0 Å². The lowest BCUT2D eigenvalue weighted by Gasteiger charge is -2.35. The maximum absolute atomic E-state index is 12.3. The van der Waals surface area contributed by atoms with Crippen LogP contribution in [-0.2, 0) is 16.1 Å². The van der Waals surface area contributed by atoms with Gasteiger partial charge in [0.1, 0.15) is 0 Å². The fraction of sp³-hybridized carbons (Fsp3) is 0.706. The zero-order valence-corrected chi connectivity index (χ0v) is 14.0. The summed E-state index contributed by atoms with van der Waals surface area (Å²) < 4.78 is 5.71. The van der Waals surface area contributed by atoms with Crippen molar-refractivity contribution < 1.29 is 9.53 Å². The van der Waals surface area contributed by atoms with E-state index in [9.17, 15) is 4.79 Å². The lowest BCUT2D eigenvalue weighted by Crippen LogP contribution is -2.48. The number of rotatable bonds is 5. The molecule has 0 N–H and O–H groups in total. The first-order chi connectivity index (χ1) is 10.8. The van der Waals surface area contributed by atoms with Crippen molar-refractivity contribution in [1.29, 1.82) is 0 Å². The Labute approximate surface area is 137 Å². The maximum atomic E-state index is 12.3. The molecule has 2 aliphatic heterocycles. The molecule has 22 heavy (non-hydrogen) atoms. The highest BCUT2D eigenvalue weighted by molar-refractivity contribution is 7.09. The first-order valence-corrected chi connectivity index (χ1v) is 9.33. The summed E-state index contributed by atoms with van der Waals surface area (Å²) in [5, 5.41) is 2.13. The van der Waals surface area contributed by atoms with Crippen molar-refractivity contribution in [2.24, 2.45) is 0 Å². The van der Waals surface area contributed by atoms with Gasteiger partial charge >= 0.3 is 0 Å². The van der Waals surface area contributed by atoms with Crippen LogP contribution in [0.4, 0.5) is 0 Å². The number of hydrogen-bond donors (Lipinski definition) is 0. The van der Waals surface area contributed by atoms with Gasteiger partial charge in [0.05, 0.1) is 6.10 Å². The summed E-state index contributed by atoms with van der Waals surface area (Å²) in [6.07, 6.45) is 5.42. The molecule has 0 aromatic carbocycles. The topological polar surface area (TPSA) is 32.8 Å². The van der Waals surface area contributed by atoms with Crippen LogP contribution >= 0.6 is 11.3 Å². The molecule has 1 unspecified atom stereocenters. The highest BCUT2D eigenvalue weighted by Crippen LogP contribution is 2.18. The third-order valence-electron chi connectivity index (χ3n) is 4.64. The minimum atomic E-state index is 0.310. The van der Waals surface area contributed by atoms with Gasteiger partial charge in [0, 0.05) is 50.6 Å². The van der Waals surface area contributed by atoms with E-state index in [-0.39, 0.29) is 0 Å². The SMILES string of the molecule is O=C(CCC1CCCCO1)N1CCN(Cc2cccs2)CC1. The molecule has 2 saturated heterocycles. The van der Waals surface area contributed by atoms with E-state index in [0.29, 0.717) is 18.4 Å². The summed E-state index contributed by atoms with van der Waals surface area (Å²) in [6, 6.07) is 4.29. The number of carbonyl (C=O) groups is 1. The first-order valence-electron chi connectivity index (χ1n) is 8.45. The molecule has 1 aromatic heterocycles. The van der Waals surface area contributed by atoms with Crippen LogP contribution in [0.2, 0.25) is 0 Å². The van der Waals surface area contributed by atoms with Crippen LogP contribution in [0.3, 0.4) is 0 Å². The Hall–Kier alpha value is -0.910. The summed E-state index contributed by atoms with van der Waals surface area (Å²) in [4.78, 5) is 18.2. The van der Waals surface area contributed by atoms with Gasteiger partial charge in [-0.3, -0.25) is 9.69 Å². The lowest BCUT2D eigenvalue weighted by molar-refractivity contribution is -0.134. The van der Waals surface area contributed by atoms with E-state index in [4.69, 9.17) is 4.74 Å². The highest BCUT2D eigenvalue weighted by atomic mass is 32.1. The molecule has 0 spiro atoms. The second-order valence-electron chi connectivity index (χ2n) is 6.26. The molecule has 2 aliphatic rings. The number of amides is 1. The van der Waals surface area contributed by atoms with Gasteiger partial charge in [0.15, 0.2) is 0 Å². The van der Waals surface area contributed by atoms with Crippen LogP contribution in [0.5, 0.6) is 0 Å². The number of hydrogen-bond acceptors (Lipinski definition) is 4. The summed E-state index contributed by atoms with van der Waals surface area (Å²) in [5.41, 5.74) is 0. The Morgan fingerprint density at radius 2 is 2.14 bits per heavy atom. The van der Waals surface area contributed by atoms with Crippen molar-refractivity contribution >= 4 is 17.2 Å². The molecule has 1 aromatic rings. The maximum Gasteiger partial charge on any atom is 0.222 e. The molecular formula is C17H26N2O2S. The molecule has 2 fully saturated rings. The minimum absolute atomic E-state index is 0.310. The van der Waals surface area contributed by atoms with E-state index in [1.54, 1.807) is 0 Å². The van der Waals surface area contributed by atoms with E-state index < -0.39 is 0 Å². The fourth-order valence-corrected chi connectivity index (χ4v) is 4.00. The second-order valence-corrected chi connectivity index (χ2v) is 7.30. The van der Waals surface area contributed by atoms with E-state index in [1.807, 2.05) is 16.2 Å². The zero-order chi connectivity index (χ0) is 15.2. The largest absolute Gasteiger partial charge is 0.378 e. The zero-order valence-electron chi connectivity index (χ0n) is 13.2. The van der Waals surface area contributed by atoms with Crippen molar-refractivity contribution in [2.75, 3.05) is 32.8 Å². The number of piperazine rings is 1. The Bertz CT molecular complexity index is 449. The van der Waals surface area contributed by atoms with Crippen LogP contribution in [0, 0.1) is 0 Å². The standard InChI is InChI=1S/C17H26N2O2S/c20-17(7-6-15-4-1-2-12-21-15)19-10-8-18(9-11-19)14-16-5-3-13-22-16/h3,5,13,15H,1-2,4,6-12,14H2. The molecular weight excluding hydrogens is 296 g/mol. The molecule has 0 bridgehead atoms. The van der Waals surface area contributed by atoms with Crippen molar-refractivity contribution in [3.8, 4) is 0 Å². The van der Waals surface area contributed by atoms with Gasteiger partial charge in [0.2, 0.25) is 5.91 Å². The third kappa shape index (κ3) is 4.54. The fourth-order valence-electron chi connectivity index (χ4n) is 3.26. The quantitative estimate of drug-likeness (QED) is 0.836. The molecule has 3 rings (SSSR count). The smallest absolute Gasteiger partial charge is 0.222 e. The predicted molar refractivity (Wildman–Crippen MR) is 89.0 cm³/mol. The molecule has 0 aliphatic carbocycles. The Balaban J connectivity index is 1.36. The van der Waals surface area contributed by atoms with Crippen molar-refractivity contribution in [3.05, 3.63) is 22.4 Å². The molecule has 5 heteroatoms. The molecule has 1 amide bonds. The van der Waals surface area contributed by atoms with Crippen LogP contribution in [-0.4, -0.2) is 54.6 Å². The molecule has 3 heterocycles. The van der Waals surface area contributed by atoms with Gasteiger partial charge in [-0.1, -0.05) is 6.07 Å². The summed E-state index contributed by atoms with van der Waals surface area (Å²) in [6.45, 7) is 5.62. The monoisotopic (exact) mass is 322 g/mol. The molecule has 4 nitrogen and oxygen atoms in total. The van der Waals surface area contributed by atoms with Crippen molar-refractivity contribution in [2.45, 2.75) is 44.8 Å². The minimum Gasteiger partial charge on any atom is -0.378 e.